The zero-order valence-electron chi connectivity index (χ0n) is 17.7. The maximum atomic E-state index is 13.1. The first-order valence-corrected chi connectivity index (χ1v) is 12.0. The van der Waals surface area contributed by atoms with Crippen LogP contribution in [0.3, 0.4) is 0 Å². The van der Waals surface area contributed by atoms with Crippen molar-refractivity contribution >= 4 is 32.4 Å². The molecule has 0 bridgehead atoms. The van der Waals surface area contributed by atoms with E-state index in [1.165, 1.54) is 6.07 Å². The van der Waals surface area contributed by atoms with Crippen LogP contribution in [0.4, 0.5) is 5.69 Å². The fourth-order valence-electron chi connectivity index (χ4n) is 4.00. The number of fused-ring (bicyclic) bond motifs is 1. The molecule has 6 nitrogen and oxygen atoms in total. The third-order valence-corrected chi connectivity index (χ3v) is 7.51. The number of amides is 1. The topological polar surface area (TPSA) is 87.3 Å². The molecule has 0 aromatic heterocycles. The van der Waals surface area contributed by atoms with Gasteiger partial charge in [0.2, 0.25) is 10.0 Å². The van der Waals surface area contributed by atoms with Crippen molar-refractivity contribution in [3.8, 4) is 0 Å². The summed E-state index contributed by atoms with van der Waals surface area (Å²) in [6.07, 6.45) is 1.51. The van der Waals surface area contributed by atoms with Crippen LogP contribution in [0.2, 0.25) is 0 Å². The van der Waals surface area contributed by atoms with Crippen LogP contribution in [-0.4, -0.2) is 33.5 Å². The number of hydrogen-bond donors (Lipinski definition) is 3. The molecule has 3 N–H and O–H groups in total. The van der Waals surface area contributed by atoms with Crippen LogP contribution in [0.25, 0.3) is 10.8 Å². The van der Waals surface area contributed by atoms with Gasteiger partial charge in [-0.25, -0.2) is 13.1 Å². The van der Waals surface area contributed by atoms with Crippen LogP contribution >= 0.6 is 0 Å². The van der Waals surface area contributed by atoms with E-state index < -0.39 is 10.0 Å². The molecule has 1 saturated heterocycles. The van der Waals surface area contributed by atoms with Crippen LogP contribution in [-0.2, 0) is 10.0 Å². The largest absolute Gasteiger partial charge is 0.322 e. The van der Waals surface area contributed by atoms with Crippen LogP contribution < -0.4 is 15.4 Å². The molecule has 162 valence electrons. The van der Waals surface area contributed by atoms with E-state index in [1.807, 2.05) is 38.1 Å². The van der Waals surface area contributed by atoms with Gasteiger partial charge in [0.25, 0.3) is 5.91 Å². The zero-order valence-corrected chi connectivity index (χ0v) is 18.6. The van der Waals surface area contributed by atoms with Gasteiger partial charge in [-0.05, 0) is 74.5 Å². The molecule has 1 aliphatic rings. The van der Waals surface area contributed by atoms with Crippen molar-refractivity contribution in [3.05, 3.63) is 71.3 Å². The Morgan fingerprint density at radius 1 is 0.935 bits per heavy atom. The Hall–Kier alpha value is -2.74. The number of sulfonamides is 1. The van der Waals surface area contributed by atoms with E-state index in [0.29, 0.717) is 16.3 Å². The minimum absolute atomic E-state index is 0.0858. The molecule has 4 rings (SSSR count). The van der Waals surface area contributed by atoms with Gasteiger partial charge < -0.3 is 10.6 Å². The van der Waals surface area contributed by atoms with E-state index in [-0.39, 0.29) is 16.8 Å². The lowest BCUT2D eigenvalue weighted by Crippen LogP contribution is -2.42. The number of aryl methyl sites for hydroxylation is 1. The molecule has 0 aliphatic carbocycles. The smallest absolute Gasteiger partial charge is 0.256 e. The summed E-state index contributed by atoms with van der Waals surface area (Å²) >= 11 is 0. The molecule has 0 unspecified atom stereocenters. The van der Waals surface area contributed by atoms with Gasteiger partial charge in [0.15, 0.2) is 0 Å². The normalized spacial score (nSPS) is 15.2. The van der Waals surface area contributed by atoms with Crippen molar-refractivity contribution in [2.24, 2.45) is 0 Å². The third-order valence-electron chi connectivity index (χ3n) is 5.93. The second kappa shape index (κ2) is 8.78. The summed E-state index contributed by atoms with van der Waals surface area (Å²) in [4.78, 5) is 13.3. The van der Waals surface area contributed by atoms with Crippen molar-refractivity contribution in [1.29, 1.82) is 0 Å². The lowest BCUT2D eigenvalue weighted by molar-refractivity contribution is 0.102. The van der Waals surface area contributed by atoms with E-state index in [9.17, 15) is 13.2 Å². The zero-order chi connectivity index (χ0) is 22.0. The molecule has 0 saturated carbocycles. The highest BCUT2D eigenvalue weighted by Gasteiger charge is 2.25. The van der Waals surface area contributed by atoms with Gasteiger partial charge in [-0.1, -0.05) is 36.4 Å². The van der Waals surface area contributed by atoms with Crippen molar-refractivity contribution in [1.82, 2.24) is 10.0 Å². The maximum absolute atomic E-state index is 13.1. The van der Waals surface area contributed by atoms with Gasteiger partial charge in [0, 0.05) is 22.7 Å². The lowest BCUT2D eigenvalue weighted by Gasteiger charge is -2.24. The number of anilines is 1. The molecule has 3 aromatic rings. The van der Waals surface area contributed by atoms with Gasteiger partial charge in [-0.2, -0.15) is 0 Å². The van der Waals surface area contributed by atoms with E-state index in [0.717, 1.165) is 42.7 Å². The highest BCUT2D eigenvalue weighted by Crippen LogP contribution is 2.28. The van der Waals surface area contributed by atoms with Crippen LogP contribution in [0, 0.1) is 13.8 Å². The summed E-state index contributed by atoms with van der Waals surface area (Å²) in [7, 11) is -3.71. The van der Waals surface area contributed by atoms with Crippen molar-refractivity contribution < 1.29 is 13.2 Å². The van der Waals surface area contributed by atoms with Gasteiger partial charge in [0.05, 0.1) is 4.90 Å². The second-order valence-corrected chi connectivity index (χ2v) is 9.69. The van der Waals surface area contributed by atoms with Crippen molar-refractivity contribution in [3.63, 3.8) is 0 Å². The van der Waals surface area contributed by atoms with Crippen LogP contribution in [0.15, 0.2) is 59.5 Å². The van der Waals surface area contributed by atoms with Crippen molar-refractivity contribution in [2.75, 3.05) is 18.4 Å². The third kappa shape index (κ3) is 4.49. The van der Waals surface area contributed by atoms with Crippen molar-refractivity contribution in [2.45, 2.75) is 37.6 Å². The van der Waals surface area contributed by atoms with Gasteiger partial charge in [-0.3, -0.25) is 4.79 Å². The summed E-state index contributed by atoms with van der Waals surface area (Å²) in [5.74, 6) is -0.264. The number of nitrogens with one attached hydrogen (secondary N) is 3. The highest BCUT2D eigenvalue weighted by atomic mass is 32.2. The standard InChI is InChI=1S/C24H27N3O3S/c1-16-6-5-9-22(17(16)2)26-24(28)21-10-11-23(20-8-4-3-7-19(20)21)31(29,30)27-18-12-14-25-15-13-18/h3-11,18,25,27H,12-15H2,1-2H3,(H,26,28). The molecule has 3 aromatic carbocycles. The quantitative estimate of drug-likeness (QED) is 0.568. The van der Waals surface area contributed by atoms with E-state index in [2.05, 4.69) is 15.4 Å². The molecule has 1 heterocycles. The number of rotatable bonds is 5. The van der Waals surface area contributed by atoms with E-state index >= 15 is 0 Å². The Morgan fingerprint density at radius 2 is 1.65 bits per heavy atom. The summed E-state index contributed by atoms with van der Waals surface area (Å²) in [5.41, 5.74) is 3.29. The minimum atomic E-state index is -3.71. The Labute approximate surface area is 183 Å². The molecular formula is C24H27N3O3S. The molecule has 1 amide bonds. The summed E-state index contributed by atoms with van der Waals surface area (Å²) in [6.45, 7) is 5.55. The molecule has 0 spiro atoms. The van der Waals surface area contributed by atoms with Gasteiger partial charge in [0.1, 0.15) is 0 Å². The monoisotopic (exact) mass is 437 g/mol. The van der Waals surface area contributed by atoms with E-state index in [1.54, 1.807) is 24.3 Å². The maximum Gasteiger partial charge on any atom is 0.256 e. The molecule has 0 radical (unpaired) electrons. The number of carbonyl (C=O) groups is 1. The SMILES string of the molecule is Cc1cccc(NC(=O)c2ccc(S(=O)(=O)NC3CCNCC3)c3ccccc23)c1C. The Bertz CT molecular complexity index is 1230. The van der Waals surface area contributed by atoms with Crippen LogP contribution in [0.1, 0.15) is 34.3 Å². The van der Waals surface area contributed by atoms with E-state index in [4.69, 9.17) is 0 Å². The Kier molecular flexibility index (Phi) is 6.09. The number of carbonyl (C=O) groups excluding carboxylic acids is 1. The first-order chi connectivity index (χ1) is 14.9. The van der Waals surface area contributed by atoms with Crippen LogP contribution in [0.5, 0.6) is 0 Å². The predicted molar refractivity (Wildman–Crippen MR) is 124 cm³/mol. The molecule has 1 aliphatic heterocycles. The molecule has 31 heavy (non-hydrogen) atoms. The second-order valence-electron chi connectivity index (χ2n) is 8.00. The number of piperidine rings is 1. The Morgan fingerprint density at radius 3 is 2.39 bits per heavy atom. The summed E-state index contributed by atoms with van der Waals surface area (Å²) in [5, 5.41) is 7.36. The fourth-order valence-corrected chi connectivity index (χ4v) is 5.52. The first-order valence-electron chi connectivity index (χ1n) is 10.5. The lowest BCUT2D eigenvalue weighted by atomic mass is 10.0. The number of benzene rings is 3. The average molecular weight is 438 g/mol. The number of hydrogen-bond acceptors (Lipinski definition) is 4. The fraction of sp³-hybridized carbons (Fsp3) is 0.292. The molecule has 7 heteroatoms. The Balaban J connectivity index is 1.69. The summed E-state index contributed by atoms with van der Waals surface area (Å²) in [6, 6.07) is 15.9. The average Bonchev–Trinajstić information content (AvgIpc) is 2.76. The molecule has 1 fully saturated rings. The minimum Gasteiger partial charge on any atom is -0.322 e. The molecular weight excluding hydrogens is 410 g/mol. The predicted octanol–water partition coefficient (Wildman–Crippen LogP) is 3.74. The van der Waals surface area contributed by atoms with Gasteiger partial charge in [-0.15, -0.1) is 0 Å². The first kappa shape index (κ1) is 21.5. The highest BCUT2D eigenvalue weighted by molar-refractivity contribution is 7.89. The summed E-state index contributed by atoms with van der Waals surface area (Å²) < 4.78 is 29.1. The van der Waals surface area contributed by atoms with Gasteiger partial charge >= 0.3 is 0 Å². The molecule has 0 atom stereocenters.